The van der Waals surface area contributed by atoms with E-state index in [1.165, 1.54) is 0 Å². The summed E-state index contributed by atoms with van der Waals surface area (Å²) in [6.45, 7) is 1.24. The fourth-order valence-corrected chi connectivity index (χ4v) is 5.14. The zero-order valence-corrected chi connectivity index (χ0v) is 15.2. The van der Waals surface area contributed by atoms with Gasteiger partial charge in [-0.15, -0.1) is 0 Å². The van der Waals surface area contributed by atoms with Crippen LogP contribution in [-0.4, -0.2) is 58.0 Å². The number of hydrogen-bond donors (Lipinski definition) is 2. The Kier molecular flexibility index (Phi) is 3.74. The summed E-state index contributed by atoms with van der Waals surface area (Å²) >= 11 is 4.57. The van der Waals surface area contributed by atoms with E-state index in [2.05, 4.69) is 20.9 Å². The van der Waals surface area contributed by atoms with Crippen molar-refractivity contribution in [1.29, 1.82) is 0 Å². The number of amides is 2. The Hall–Kier alpha value is -1.78. The minimum Gasteiger partial charge on any atom is -0.492 e. The fraction of sp³-hybridized carbons (Fsp3) is 0.400. The van der Waals surface area contributed by atoms with E-state index in [0.717, 1.165) is 21.8 Å². The molecule has 0 saturated carbocycles. The molecule has 1 saturated heterocycles. The maximum Gasteiger partial charge on any atom is 0.423 e. The van der Waals surface area contributed by atoms with E-state index in [9.17, 15) is 19.8 Å². The zero-order chi connectivity index (χ0) is 17.8. The first kappa shape index (κ1) is 16.7. The lowest BCUT2D eigenvalue weighted by atomic mass is 9.64. The number of imide groups is 1. The van der Waals surface area contributed by atoms with Gasteiger partial charge in [-0.3, -0.25) is 0 Å². The minimum atomic E-state index is -1.57. The molecule has 1 aromatic rings. The number of halogens is 1. The third kappa shape index (κ3) is 2.27. The van der Waals surface area contributed by atoms with Crippen LogP contribution in [0.15, 0.2) is 27.7 Å². The number of aliphatic imine (C=N–C) groups is 1. The second kappa shape index (κ2) is 5.61. The van der Waals surface area contributed by atoms with Crippen LogP contribution < -0.4 is 4.74 Å². The molecule has 4 rings (SSSR count). The molecule has 25 heavy (non-hydrogen) atoms. The number of nitrogens with zero attached hydrogens (tertiary/aromatic N) is 2. The number of fused-ring (bicyclic) bond motifs is 3. The van der Waals surface area contributed by atoms with Gasteiger partial charge in [-0.2, -0.15) is 4.90 Å². The van der Waals surface area contributed by atoms with Crippen molar-refractivity contribution in [3.8, 4) is 5.75 Å². The van der Waals surface area contributed by atoms with Crippen molar-refractivity contribution in [3.63, 3.8) is 0 Å². The topological polar surface area (TPSA) is 109 Å². The third-order valence-corrected chi connectivity index (χ3v) is 6.38. The van der Waals surface area contributed by atoms with Crippen molar-refractivity contribution in [2.24, 2.45) is 10.4 Å². The van der Waals surface area contributed by atoms with Crippen molar-refractivity contribution in [2.45, 2.75) is 5.54 Å². The summed E-state index contributed by atoms with van der Waals surface area (Å²) in [4.78, 5) is 27.6. The van der Waals surface area contributed by atoms with Crippen molar-refractivity contribution < 1.29 is 29.3 Å². The number of carbonyl (C=O) groups is 2. The lowest BCUT2D eigenvalue weighted by Crippen LogP contribution is -2.62. The lowest BCUT2D eigenvalue weighted by molar-refractivity contribution is -0.176. The molecule has 2 N–H and O–H groups in total. The van der Waals surface area contributed by atoms with Gasteiger partial charge in [0, 0.05) is 15.8 Å². The largest absolute Gasteiger partial charge is 0.492 e. The van der Waals surface area contributed by atoms with Gasteiger partial charge in [0.15, 0.2) is 5.17 Å². The molecule has 2 amide bonds. The predicted molar refractivity (Wildman–Crippen MR) is 92.3 cm³/mol. The number of thioether (sulfide) groups is 1. The first-order chi connectivity index (χ1) is 11.9. The summed E-state index contributed by atoms with van der Waals surface area (Å²) in [5.41, 5.74) is -0.404. The number of benzene rings is 1. The smallest absolute Gasteiger partial charge is 0.423 e. The number of ether oxygens (including phenoxy) is 2. The van der Waals surface area contributed by atoms with E-state index in [-0.39, 0.29) is 10.1 Å². The van der Waals surface area contributed by atoms with Crippen molar-refractivity contribution in [2.75, 3.05) is 25.6 Å². The van der Waals surface area contributed by atoms with Gasteiger partial charge >= 0.3 is 12.2 Å². The minimum absolute atomic E-state index is 0.0425. The van der Waals surface area contributed by atoms with Gasteiger partial charge in [-0.25, -0.2) is 14.6 Å². The molecular weight excluding hydrogens is 416 g/mol. The standard InChI is InChI=1S/C15H13BrN2O6S/c16-8-1-2-10-9(3-8)15(14(6-24-10)4-23-5-14)7-25-11(17-15)18(12(19)20)13(21)22/h1-3H,4-7H2,(H,19,20)(H,21,22). The Morgan fingerprint density at radius 3 is 2.56 bits per heavy atom. The van der Waals surface area contributed by atoms with Crippen LogP contribution in [0.25, 0.3) is 0 Å². The van der Waals surface area contributed by atoms with Crippen LogP contribution in [-0.2, 0) is 10.3 Å². The molecule has 3 aliphatic rings. The van der Waals surface area contributed by atoms with Crippen LogP contribution in [0.1, 0.15) is 5.56 Å². The normalized spacial score (nSPS) is 25.7. The van der Waals surface area contributed by atoms with Gasteiger partial charge in [0.1, 0.15) is 17.9 Å². The average Bonchev–Trinajstić information content (AvgIpc) is 2.91. The molecule has 2 spiro atoms. The van der Waals surface area contributed by atoms with E-state index in [1.54, 1.807) is 0 Å². The highest BCUT2D eigenvalue weighted by molar-refractivity contribution is 9.10. The Labute approximate surface area is 154 Å². The predicted octanol–water partition coefficient (Wildman–Crippen LogP) is 2.81. The van der Waals surface area contributed by atoms with Gasteiger partial charge in [-0.1, -0.05) is 27.7 Å². The molecule has 0 aromatic heterocycles. The maximum absolute atomic E-state index is 11.3. The maximum atomic E-state index is 11.3. The molecule has 1 aromatic carbocycles. The molecule has 132 valence electrons. The monoisotopic (exact) mass is 428 g/mol. The summed E-state index contributed by atoms with van der Waals surface area (Å²) in [6, 6.07) is 5.58. The Morgan fingerprint density at radius 1 is 1.24 bits per heavy atom. The van der Waals surface area contributed by atoms with E-state index < -0.39 is 23.1 Å². The molecule has 0 aliphatic carbocycles. The molecule has 10 heteroatoms. The van der Waals surface area contributed by atoms with Crippen LogP contribution in [0.2, 0.25) is 0 Å². The third-order valence-electron chi connectivity index (χ3n) is 4.80. The first-order valence-corrected chi connectivity index (χ1v) is 9.16. The quantitative estimate of drug-likeness (QED) is 0.653. The van der Waals surface area contributed by atoms with Gasteiger partial charge in [-0.05, 0) is 18.2 Å². The van der Waals surface area contributed by atoms with Crippen molar-refractivity contribution in [3.05, 3.63) is 28.2 Å². The van der Waals surface area contributed by atoms with Gasteiger partial charge in [0.05, 0.1) is 18.6 Å². The van der Waals surface area contributed by atoms with Crippen LogP contribution in [0.4, 0.5) is 9.59 Å². The summed E-state index contributed by atoms with van der Waals surface area (Å²) in [5, 5.41) is 18.4. The number of hydrogen-bond acceptors (Lipinski definition) is 6. The molecule has 1 unspecified atom stereocenters. The van der Waals surface area contributed by atoms with Crippen molar-refractivity contribution >= 4 is 45.0 Å². The molecule has 1 fully saturated rings. The summed E-state index contributed by atoms with van der Waals surface area (Å²) in [5.74, 6) is 1.10. The second-order valence-electron chi connectivity index (χ2n) is 6.15. The summed E-state index contributed by atoms with van der Waals surface area (Å²) in [7, 11) is 0. The van der Waals surface area contributed by atoms with Crippen LogP contribution in [0.3, 0.4) is 0 Å². The van der Waals surface area contributed by atoms with E-state index in [4.69, 9.17) is 9.47 Å². The molecule has 1 atom stereocenters. The molecule has 3 aliphatic heterocycles. The van der Waals surface area contributed by atoms with Crippen LogP contribution in [0.5, 0.6) is 5.75 Å². The number of rotatable bonds is 0. The zero-order valence-electron chi connectivity index (χ0n) is 12.8. The van der Waals surface area contributed by atoms with Gasteiger partial charge < -0.3 is 19.7 Å². The molecule has 0 radical (unpaired) electrons. The second-order valence-corrected chi connectivity index (χ2v) is 8.00. The first-order valence-electron chi connectivity index (χ1n) is 7.38. The highest BCUT2D eigenvalue weighted by Gasteiger charge is 2.63. The van der Waals surface area contributed by atoms with E-state index in [0.29, 0.717) is 31.3 Å². The molecule has 8 nitrogen and oxygen atoms in total. The Bertz CT molecular complexity index is 797. The molecule has 0 bridgehead atoms. The van der Waals surface area contributed by atoms with Crippen molar-refractivity contribution in [1.82, 2.24) is 4.90 Å². The fourth-order valence-electron chi connectivity index (χ4n) is 3.41. The Balaban J connectivity index is 1.88. The average molecular weight is 429 g/mol. The molecular formula is C15H13BrN2O6S. The Morgan fingerprint density at radius 2 is 1.96 bits per heavy atom. The highest BCUT2D eigenvalue weighted by Crippen LogP contribution is 2.58. The van der Waals surface area contributed by atoms with Crippen LogP contribution in [0, 0.1) is 5.41 Å². The highest BCUT2D eigenvalue weighted by atomic mass is 79.9. The SMILES string of the molecule is O=C(O)N(C(=O)O)C1=NC2(CS1)c1cc(Br)ccc1OCC21COC1. The number of amidine groups is 1. The van der Waals surface area contributed by atoms with Crippen LogP contribution >= 0.6 is 27.7 Å². The van der Waals surface area contributed by atoms with E-state index in [1.807, 2.05) is 18.2 Å². The number of carboxylic acid groups (broad SMARTS) is 2. The molecule has 3 heterocycles. The van der Waals surface area contributed by atoms with Gasteiger partial charge in [0.2, 0.25) is 0 Å². The lowest BCUT2D eigenvalue weighted by Gasteiger charge is -2.54. The summed E-state index contributed by atoms with van der Waals surface area (Å²) < 4.78 is 12.2. The van der Waals surface area contributed by atoms with Gasteiger partial charge in [0.25, 0.3) is 0 Å². The summed E-state index contributed by atoms with van der Waals surface area (Å²) in [6.07, 6.45) is -3.15. The van der Waals surface area contributed by atoms with E-state index >= 15 is 0 Å².